The maximum Gasteiger partial charge on any atom is 0.416 e. The van der Waals surface area contributed by atoms with Gasteiger partial charge < -0.3 is 14.2 Å². The Balaban J connectivity index is 2.39. The van der Waals surface area contributed by atoms with Crippen molar-refractivity contribution >= 4 is 0 Å². The molecule has 0 aromatic heterocycles. The van der Waals surface area contributed by atoms with Gasteiger partial charge in [-0.1, -0.05) is 44.4 Å². The summed E-state index contributed by atoms with van der Waals surface area (Å²) in [6, 6.07) is 5.61. The smallest absolute Gasteiger partial charge is 0.328 e. The second-order valence-corrected chi connectivity index (χ2v) is 6.95. The monoisotopic (exact) mass is 404 g/mol. The predicted octanol–water partition coefficient (Wildman–Crippen LogP) is 6.60. The molecular weight excluding hydrogens is 369 g/mol. The molecule has 0 saturated heterocycles. The number of ether oxygens (including phenoxy) is 3. The van der Waals surface area contributed by atoms with Gasteiger partial charge in [0.1, 0.15) is 0 Å². The van der Waals surface area contributed by atoms with E-state index in [1.165, 1.54) is 12.1 Å². The third-order valence-electron chi connectivity index (χ3n) is 4.75. The van der Waals surface area contributed by atoms with Gasteiger partial charge >= 0.3 is 6.18 Å². The number of unbranched alkanes of at least 4 members (excludes halogenated alkanes) is 3. The Morgan fingerprint density at radius 1 is 0.857 bits per heavy atom. The van der Waals surface area contributed by atoms with Gasteiger partial charge in [0, 0.05) is 25.7 Å². The van der Waals surface area contributed by atoms with E-state index in [0.717, 1.165) is 43.7 Å². The number of benzene rings is 1. The minimum absolute atomic E-state index is 0.0933. The lowest BCUT2D eigenvalue weighted by Crippen LogP contribution is -2.45. The summed E-state index contributed by atoms with van der Waals surface area (Å²) in [6.45, 7) is 9.39. The Labute approximate surface area is 167 Å². The topological polar surface area (TPSA) is 27.7 Å². The molecule has 0 N–H and O–H groups in total. The van der Waals surface area contributed by atoms with Crippen LogP contribution in [-0.4, -0.2) is 25.8 Å². The standard InChI is InChI=1S/C22H35F3O3/c1-5-26-22(27-6-2,28-7-3)18(4)13-10-8-9-11-14-19-15-12-16-20(17-19)21(23,24)25/h12,15-18H,5-11,13-14H2,1-4H3. The van der Waals surface area contributed by atoms with Gasteiger partial charge in [-0.25, -0.2) is 0 Å². The highest BCUT2D eigenvalue weighted by Gasteiger charge is 2.38. The highest BCUT2D eigenvalue weighted by molar-refractivity contribution is 5.25. The number of hydrogen-bond donors (Lipinski definition) is 0. The van der Waals surface area contributed by atoms with Gasteiger partial charge in [-0.15, -0.1) is 0 Å². The zero-order valence-corrected chi connectivity index (χ0v) is 17.6. The molecular formula is C22H35F3O3. The van der Waals surface area contributed by atoms with Crippen LogP contribution in [-0.2, 0) is 26.8 Å². The molecule has 3 nitrogen and oxygen atoms in total. The highest BCUT2D eigenvalue weighted by atomic mass is 19.4. The Morgan fingerprint density at radius 2 is 1.43 bits per heavy atom. The molecule has 0 aliphatic rings. The molecule has 0 spiro atoms. The molecule has 0 bridgehead atoms. The van der Waals surface area contributed by atoms with Crippen LogP contribution in [0.4, 0.5) is 13.2 Å². The van der Waals surface area contributed by atoms with E-state index in [1.54, 1.807) is 6.07 Å². The molecule has 1 atom stereocenters. The first-order valence-electron chi connectivity index (χ1n) is 10.4. The average molecular weight is 405 g/mol. The molecule has 0 saturated carbocycles. The number of halogens is 3. The lowest BCUT2D eigenvalue weighted by atomic mass is 9.98. The number of aryl methyl sites for hydroxylation is 1. The van der Waals surface area contributed by atoms with Crippen molar-refractivity contribution in [3.8, 4) is 0 Å². The van der Waals surface area contributed by atoms with E-state index < -0.39 is 17.7 Å². The van der Waals surface area contributed by atoms with E-state index >= 15 is 0 Å². The number of rotatable bonds is 14. The molecule has 6 heteroatoms. The lowest BCUT2D eigenvalue weighted by molar-refractivity contribution is -0.400. The third-order valence-corrected chi connectivity index (χ3v) is 4.75. The molecule has 0 heterocycles. The van der Waals surface area contributed by atoms with Gasteiger partial charge in [-0.2, -0.15) is 13.2 Å². The van der Waals surface area contributed by atoms with Crippen LogP contribution >= 0.6 is 0 Å². The predicted molar refractivity (Wildman–Crippen MR) is 105 cm³/mol. The van der Waals surface area contributed by atoms with E-state index in [1.807, 2.05) is 20.8 Å². The minimum Gasteiger partial charge on any atom is -0.328 e. The van der Waals surface area contributed by atoms with Gasteiger partial charge in [0.15, 0.2) is 0 Å². The summed E-state index contributed by atoms with van der Waals surface area (Å²) in [5.41, 5.74) is 0.171. The summed E-state index contributed by atoms with van der Waals surface area (Å²) < 4.78 is 55.7. The Hall–Kier alpha value is -1.11. The molecule has 0 fully saturated rings. The molecule has 28 heavy (non-hydrogen) atoms. The van der Waals surface area contributed by atoms with Crippen molar-refractivity contribution < 1.29 is 27.4 Å². The fraction of sp³-hybridized carbons (Fsp3) is 0.727. The first-order chi connectivity index (χ1) is 13.3. The van der Waals surface area contributed by atoms with Crippen molar-refractivity contribution in [2.24, 2.45) is 5.92 Å². The van der Waals surface area contributed by atoms with Crippen LogP contribution in [0.5, 0.6) is 0 Å². The maximum absolute atomic E-state index is 12.8. The summed E-state index contributed by atoms with van der Waals surface area (Å²) in [4.78, 5) is 0. The molecule has 1 aromatic rings. The number of alkyl halides is 3. The molecule has 0 aliphatic carbocycles. The summed E-state index contributed by atoms with van der Waals surface area (Å²) in [6.07, 6.45) is 1.17. The van der Waals surface area contributed by atoms with Crippen LogP contribution < -0.4 is 0 Å². The van der Waals surface area contributed by atoms with Gasteiger partial charge in [0.2, 0.25) is 0 Å². The van der Waals surface area contributed by atoms with Crippen LogP contribution in [0.25, 0.3) is 0 Å². The van der Waals surface area contributed by atoms with E-state index in [-0.39, 0.29) is 5.92 Å². The molecule has 0 amide bonds. The van der Waals surface area contributed by atoms with Crippen molar-refractivity contribution in [3.05, 3.63) is 35.4 Å². The van der Waals surface area contributed by atoms with Crippen LogP contribution in [0.3, 0.4) is 0 Å². The van der Waals surface area contributed by atoms with E-state index in [9.17, 15) is 13.2 Å². The second kappa shape index (κ2) is 12.5. The van der Waals surface area contributed by atoms with Crippen molar-refractivity contribution in [2.75, 3.05) is 19.8 Å². The fourth-order valence-electron chi connectivity index (χ4n) is 3.37. The van der Waals surface area contributed by atoms with Crippen LogP contribution in [0.1, 0.15) is 70.9 Å². The summed E-state index contributed by atoms with van der Waals surface area (Å²) in [7, 11) is 0. The molecule has 162 valence electrons. The van der Waals surface area contributed by atoms with Gasteiger partial charge in [0.05, 0.1) is 5.56 Å². The SMILES string of the molecule is CCOC(OCC)(OCC)C(C)CCCCCCc1cccc(C(F)(F)F)c1. The summed E-state index contributed by atoms with van der Waals surface area (Å²) in [5, 5.41) is 0. The molecule has 1 aromatic carbocycles. The van der Waals surface area contributed by atoms with E-state index in [4.69, 9.17) is 14.2 Å². The van der Waals surface area contributed by atoms with Crippen molar-refractivity contribution in [1.29, 1.82) is 0 Å². The first-order valence-corrected chi connectivity index (χ1v) is 10.4. The highest BCUT2D eigenvalue weighted by Crippen LogP contribution is 2.31. The Bertz CT molecular complexity index is 529. The van der Waals surface area contributed by atoms with Crippen LogP contribution in [0, 0.1) is 5.92 Å². The Kier molecular flexibility index (Phi) is 11.1. The third kappa shape index (κ3) is 8.10. The van der Waals surface area contributed by atoms with E-state index in [0.29, 0.717) is 26.2 Å². The summed E-state index contributed by atoms with van der Waals surface area (Å²) >= 11 is 0. The minimum atomic E-state index is -4.28. The number of hydrogen-bond acceptors (Lipinski definition) is 3. The largest absolute Gasteiger partial charge is 0.416 e. The van der Waals surface area contributed by atoms with Gasteiger partial charge in [0.25, 0.3) is 5.97 Å². The fourth-order valence-corrected chi connectivity index (χ4v) is 3.37. The van der Waals surface area contributed by atoms with Crippen molar-refractivity contribution in [2.45, 2.75) is 78.4 Å². The zero-order valence-electron chi connectivity index (χ0n) is 17.6. The van der Waals surface area contributed by atoms with E-state index in [2.05, 4.69) is 6.92 Å². The zero-order chi connectivity index (χ0) is 21.0. The average Bonchev–Trinajstić information content (AvgIpc) is 2.64. The van der Waals surface area contributed by atoms with Crippen LogP contribution in [0.15, 0.2) is 24.3 Å². The van der Waals surface area contributed by atoms with Crippen molar-refractivity contribution in [1.82, 2.24) is 0 Å². The normalized spacial score (nSPS) is 13.7. The molecule has 0 aliphatic heterocycles. The Morgan fingerprint density at radius 3 is 1.96 bits per heavy atom. The quantitative estimate of drug-likeness (QED) is 0.258. The molecule has 0 radical (unpaired) electrons. The van der Waals surface area contributed by atoms with Gasteiger partial charge in [-0.3, -0.25) is 0 Å². The molecule has 1 rings (SSSR count). The summed E-state index contributed by atoms with van der Waals surface area (Å²) in [5.74, 6) is -0.896. The second-order valence-electron chi connectivity index (χ2n) is 6.95. The molecule has 1 unspecified atom stereocenters. The lowest BCUT2D eigenvalue weighted by Gasteiger charge is -2.37. The van der Waals surface area contributed by atoms with Gasteiger partial charge in [-0.05, 0) is 51.7 Å². The van der Waals surface area contributed by atoms with Crippen LogP contribution in [0.2, 0.25) is 0 Å². The maximum atomic E-state index is 12.8. The first kappa shape index (κ1) is 24.9. The van der Waals surface area contributed by atoms with Crippen molar-refractivity contribution in [3.63, 3.8) is 0 Å².